The van der Waals surface area contributed by atoms with Crippen LogP contribution in [0.1, 0.15) is 30.1 Å². The third kappa shape index (κ3) is 5.30. The predicted octanol–water partition coefficient (Wildman–Crippen LogP) is 2.16. The van der Waals surface area contributed by atoms with Crippen LogP contribution in [-0.2, 0) is 0 Å². The molecule has 1 aromatic rings. The first-order valence-electron chi connectivity index (χ1n) is 7.49. The molecule has 1 atom stereocenters. The zero-order chi connectivity index (χ0) is 15.2. The predicted molar refractivity (Wildman–Crippen MR) is 84.6 cm³/mol. The molecule has 1 fully saturated rings. The summed E-state index contributed by atoms with van der Waals surface area (Å²) in [7, 11) is 0. The Morgan fingerprint density at radius 1 is 1.48 bits per heavy atom. The van der Waals surface area contributed by atoms with Gasteiger partial charge in [0.2, 0.25) is 0 Å². The number of hydrogen-bond donors (Lipinski definition) is 2. The first-order chi connectivity index (χ1) is 10.0. The van der Waals surface area contributed by atoms with E-state index < -0.39 is 6.10 Å². The Morgan fingerprint density at radius 2 is 2.19 bits per heavy atom. The molecule has 21 heavy (non-hydrogen) atoms. The number of benzene rings is 1. The molecule has 1 heterocycles. The Morgan fingerprint density at radius 3 is 2.86 bits per heavy atom. The lowest BCUT2D eigenvalue weighted by Gasteiger charge is -2.31. The van der Waals surface area contributed by atoms with Crippen LogP contribution in [-0.4, -0.2) is 48.2 Å². The SMILES string of the molecule is CC1CCN(CC(O)CNC(=O)c2cccc(Cl)c2)CC1. The number of carbonyl (C=O) groups excluding carboxylic acids is 1. The summed E-state index contributed by atoms with van der Waals surface area (Å²) >= 11 is 5.86. The van der Waals surface area contributed by atoms with E-state index in [0.717, 1.165) is 19.0 Å². The second-order valence-electron chi connectivity index (χ2n) is 5.86. The summed E-state index contributed by atoms with van der Waals surface area (Å²) in [5.74, 6) is 0.574. The Balaban J connectivity index is 1.73. The van der Waals surface area contributed by atoms with E-state index in [0.29, 0.717) is 17.1 Å². The summed E-state index contributed by atoms with van der Waals surface area (Å²) in [4.78, 5) is 14.2. The molecule has 1 aromatic carbocycles. The molecule has 116 valence electrons. The average molecular weight is 311 g/mol. The van der Waals surface area contributed by atoms with Crippen LogP contribution in [0.3, 0.4) is 0 Å². The van der Waals surface area contributed by atoms with Gasteiger partial charge in [-0.25, -0.2) is 0 Å². The van der Waals surface area contributed by atoms with E-state index in [9.17, 15) is 9.90 Å². The molecule has 4 nitrogen and oxygen atoms in total. The number of amides is 1. The summed E-state index contributed by atoms with van der Waals surface area (Å²) in [6.07, 6.45) is 1.82. The Kier molecular flexibility index (Phi) is 6.03. The fourth-order valence-electron chi connectivity index (χ4n) is 2.55. The van der Waals surface area contributed by atoms with Crippen molar-refractivity contribution in [3.05, 3.63) is 34.9 Å². The number of rotatable bonds is 5. The van der Waals surface area contributed by atoms with Gasteiger partial charge in [0, 0.05) is 23.7 Å². The maximum Gasteiger partial charge on any atom is 0.251 e. The highest BCUT2D eigenvalue weighted by Gasteiger charge is 2.18. The minimum absolute atomic E-state index is 0.205. The van der Waals surface area contributed by atoms with Gasteiger partial charge in [-0.2, -0.15) is 0 Å². The van der Waals surface area contributed by atoms with Crippen LogP contribution >= 0.6 is 11.6 Å². The van der Waals surface area contributed by atoms with Gasteiger partial charge in [-0.05, 0) is 50.0 Å². The van der Waals surface area contributed by atoms with Crippen molar-refractivity contribution in [1.82, 2.24) is 10.2 Å². The van der Waals surface area contributed by atoms with Crippen molar-refractivity contribution in [3.63, 3.8) is 0 Å². The Hall–Kier alpha value is -1.10. The van der Waals surface area contributed by atoms with Gasteiger partial charge in [0.05, 0.1) is 6.10 Å². The third-order valence-electron chi connectivity index (χ3n) is 3.93. The molecule has 0 aromatic heterocycles. The fraction of sp³-hybridized carbons (Fsp3) is 0.562. The number of carbonyl (C=O) groups is 1. The third-order valence-corrected chi connectivity index (χ3v) is 4.17. The lowest BCUT2D eigenvalue weighted by molar-refractivity contribution is 0.0795. The van der Waals surface area contributed by atoms with Gasteiger partial charge in [-0.3, -0.25) is 4.79 Å². The van der Waals surface area contributed by atoms with E-state index in [1.807, 2.05) is 0 Å². The zero-order valence-electron chi connectivity index (χ0n) is 12.4. The van der Waals surface area contributed by atoms with Crippen LogP contribution in [0.4, 0.5) is 0 Å². The number of nitrogens with one attached hydrogen (secondary N) is 1. The standard InChI is InChI=1S/C16H23ClN2O2/c1-12-5-7-19(8-6-12)11-15(20)10-18-16(21)13-3-2-4-14(17)9-13/h2-4,9,12,15,20H,5-8,10-11H2,1H3,(H,18,21). The van der Waals surface area contributed by atoms with Crippen LogP contribution in [0.5, 0.6) is 0 Å². The first kappa shape index (κ1) is 16.3. The molecule has 0 saturated carbocycles. The Labute approximate surface area is 131 Å². The molecule has 2 N–H and O–H groups in total. The van der Waals surface area contributed by atoms with Gasteiger partial charge < -0.3 is 15.3 Å². The van der Waals surface area contributed by atoms with Crippen LogP contribution in [0.25, 0.3) is 0 Å². The second-order valence-corrected chi connectivity index (χ2v) is 6.29. The van der Waals surface area contributed by atoms with Crippen molar-refractivity contribution < 1.29 is 9.90 Å². The Bertz CT molecular complexity index is 473. The maximum atomic E-state index is 11.9. The molecular formula is C16H23ClN2O2. The number of nitrogens with zero attached hydrogens (tertiary/aromatic N) is 1. The molecule has 0 radical (unpaired) electrons. The minimum Gasteiger partial charge on any atom is -0.390 e. The largest absolute Gasteiger partial charge is 0.390 e. The average Bonchev–Trinajstić information content (AvgIpc) is 2.47. The van der Waals surface area contributed by atoms with E-state index in [-0.39, 0.29) is 12.5 Å². The molecule has 1 aliphatic rings. The van der Waals surface area contributed by atoms with Crippen LogP contribution in [0.2, 0.25) is 5.02 Å². The number of aliphatic hydroxyl groups excluding tert-OH is 1. The number of aliphatic hydroxyl groups is 1. The molecule has 0 spiro atoms. The van der Waals surface area contributed by atoms with Crippen molar-refractivity contribution >= 4 is 17.5 Å². The van der Waals surface area contributed by atoms with Crippen LogP contribution < -0.4 is 5.32 Å². The smallest absolute Gasteiger partial charge is 0.251 e. The topological polar surface area (TPSA) is 52.6 Å². The monoisotopic (exact) mass is 310 g/mol. The molecule has 2 rings (SSSR count). The zero-order valence-corrected chi connectivity index (χ0v) is 13.1. The van der Waals surface area contributed by atoms with Gasteiger partial charge in [-0.15, -0.1) is 0 Å². The molecule has 1 aliphatic heterocycles. The van der Waals surface area contributed by atoms with Gasteiger partial charge in [0.25, 0.3) is 5.91 Å². The molecular weight excluding hydrogens is 288 g/mol. The summed E-state index contributed by atoms with van der Waals surface area (Å²) in [5, 5.41) is 13.3. The molecule has 1 unspecified atom stereocenters. The number of β-amino-alcohol motifs (C(OH)–C–C–N with tert-alkyl or cyclic N) is 1. The fourth-order valence-corrected chi connectivity index (χ4v) is 2.74. The first-order valence-corrected chi connectivity index (χ1v) is 7.86. The van der Waals surface area contributed by atoms with Crippen LogP contribution in [0.15, 0.2) is 24.3 Å². The van der Waals surface area contributed by atoms with E-state index >= 15 is 0 Å². The summed E-state index contributed by atoms with van der Waals surface area (Å²) in [6.45, 7) is 5.19. The van der Waals surface area contributed by atoms with E-state index in [1.165, 1.54) is 12.8 Å². The summed E-state index contributed by atoms with van der Waals surface area (Å²) in [6, 6.07) is 6.79. The lowest BCUT2D eigenvalue weighted by Crippen LogP contribution is -2.43. The maximum absolute atomic E-state index is 11.9. The number of likely N-dealkylation sites (tertiary alicyclic amines) is 1. The minimum atomic E-state index is -0.540. The quantitative estimate of drug-likeness (QED) is 0.876. The van der Waals surface area contributed by atoms with Crippen molar-refractivity contribution in [2.45, 2.75) is 25.9 Å². The van der Waals surface area contributed by atoms with Gasteiger partial charge >= 0.3 is 0 Å². The van der Waals surface area contributed by atoms with E-state index in [1.54, 1.807) is 24.3 Å². The lowest BCUT2D eigenvalue weighted by atomic mass is 9.99. The number of hydrogen-bond acceptors (Lipinski definition) is 3. The van der Waals surface area contributed by atoms with Crippen molar-refractivity contribution in [2.24, 2.45) is 5.92 Å². The number of halogens is 1. The number of piperidine rings is 1. The molecule has 1 saturated heterocycles. The van der Waals surface area contributed by atoms with Crippen LogP contribution in [0, 0.1) is 5.92 Å². The highest BCUT2D eigenvalue weighted by atomic mass is 35.5. The molecule has 0 bridgehead atoms. The van der Waals surface area contributed by atoms with Crippen molar-refractivity contribution in [2.75, 3.05) is 26.2 Å². The van der Waals surface area contributed by atoms with Gasteiger partial charge in [-0.1, -0.05) is 24.6 Å². The highest BCUT2D eigenvalue weighted by Crippen LogP contribution is 2.16. The van der Waals surface area contributed by atoms with Crippen molar-refractivity contribution in [1.29, 1.82) is 0 Å². The van der Waals surface area contributed by atoms with Crippen molar-refractivity contribution in [3.8, 4) is 0 Å². The summed E-state index contributed by atoms with van der Waals surface area (Å²) < 4.78 is 0. The summed E-state index contributed by atoms with van der Waals surface area (Å²) in [5.41, 5.74) is 0.515. The normalized spacial score (nSPS) is 18.4. The molecule has 0 aliphatic carbocycles. The van der Waals surface area contributed by atoms with E-state index in [2.05, 4.69) is 17.1 Å². The second kappa shape index (κ2) is 7.78. The molecule has 1 amide bonds. The molecule has 5 heteroatoms. The van der Waals surface area contributed by atoms with Gasteiger partial charge in [0.1, 0.15) is 0 Å². The highest BCUT2D eigenvalue weighted by molar-refractivity contribution is 6.30. The van der Waals surface area contributed by atoms with Gasteiger partial charge in [0.15, 0.2) is 0 Å². The van der Waals surface area contributed by atoms with E-state index in [4.69, 9.17) is 11.6 Å².